The largest absolute Gasteiger partial charge is 0.507 e. The summed E-state index contributed by atoms with van der Waals surface area (Å²) in [6, 6.07) is 1.03. The molecule has 4 aromatic rings. The van der Waals surface area contributed by atoms with Gasteiger partial charge in [-0.05, 0) is 76.3 Å². The number of likely N-dealkylation sites (N-methyl/N-ethyl adjacent to an activating group) is 1. The van der Waals surface area contributed by atoms with Crippen molar-refractivity contribution in [3.8, 4) is 23.0 Å². The number of carbonyl (C=O) groups is 4. The van der Waals surface area contributed by atoms with Crippen molar-refractivity contribution < 1.29 is 73.2 Å². The fourth-order valence-corrected chi connectivity index (χ4v) is 11.5. The van der Waals surface area contributed by atoms with Crippen molar-refractivity contribution in [1.29, 1.82) is 0 Å². The molecule has 19 nitrogen and oxygen atoms in total. The topological polar surface area (TPSA) is 267 Å². The average Bonchev–Trinajstić information content (AvgIpc) is 4.10. The zero-order chi connectivity index (χ0) is 56.4. The molecule has 1 amide bonds. The molecule has 77 heavy (non-hydrogen) atoms. The SMILES string of the molecule is CO[C@H]1/C=C/O[C@@]2(C)Oc3c(C)c(O)c4c(O)c(c(CN(C)C5CCN(c6c(F)cn7c(=O)c(C(=O)O)cc(C8CC8)c7c6C)C5)c(O)c4c3C2=O)NC(=O)/C(C)=C\C=C\[C@H](C)[C@H](O)[C@@H](C)[C@@H](O)[C@@H](C)[C@H](OC(C)=O)[C@@H]1C. The number of nitrogens with one attached hydrogen (secondary N) is 1. The summed E-state index contributed by atoms with van der Waals surface area (Å²) in [7, 11) is 3.15. The van der Waals surface area contributed by atoms with Crippen LogP contribution in [0.1, 0.15) is 117 Å². The summed E-state index contributed by atoms with van der Waals surface area (Å²) >= 11 is 0. The Morgan fingerprint density at radius 2 is 1.62 bits per heavy atom. The molecule has 0 spiro atoms. The Morgan fingerprint density at radius 1 is 0.935 bits per heavy atom. The van der Waals surface area contributed by atoms with E-state index in [-0.39, 0.29) is 75.2 Å². The van der Waals surface area contributed by atoms with Crippen LogP contribution in [0.25, 0.3) is 16.3 Å². The Labute approximate surface area is 444 Å². The van der Waals surface area contributed by atoms with Crippen LogP contribution in [-0.4, -0.2) is 127 Å². The first kappa shape index (κ1) is 56.2. The van der Waals surface area contributed by atoms with Gasteiger partial charge in [-0.2, -0.15) is 0 Å². The number of aromatic nitrogens is 1. The van der Waals surface area contributed by atoms with Crippen LogP contribution in [0.5, 0.6) is 23.0 Å². The number of pyridine rings is 2. The van der Waals surface area contributed by atoms with Crippen molar-refractivity contribution in [1.82, 2.24) is 9.30 Å². The fraction of sp³-hybridized carbons (Fsp3) is 0.491. The lowest BCUT2D eigenvalue weighted by Crippen LogP contribution is -2.46. The first-order valence-electron chi connectivity index (χ1n) is 25.9. The second kappa shape index (κ2) is 21.4. The molecule has 2 fully saturated rings. The number of carboxylic acid groups (broad SMARTS) is 1. The number of amides is 1. The predicted molar refractivity (Wildman–Crippen MR) is 283 cm³/mol. The summed E-state index contributed by atoms with van der Waals surface area (Å²) in [6.45, 7) is 14.5. The van der Waals surface area contributed by atoms with Crippen LogP contribution in [0, 0.1) is 43.3 Å². The number of methoxy groups -OCH3 is 1. The molecule has 4 aliphatic heterocycles. The van der Waals surface area contributed by atoms with Crippen molar-refractivity contribution in [2.24, 2.45) is 23.7 Å². The van der Waals surface area contributed by atoms with Crippen LogP contribution < -0.4 is 20.5 Å². The number of esters is 1. The van der Waals surface area contributed by atoms with Crippen molar-refractivity contribution >= 4 is 51.3 Å². The number of ketones is 1. The average molecular weight is 1070 g/mol. The van der Waals surface area contributed by atoms with E-state index in [1.165, 1.54) is 59.3 Å². The van der Waals surface area contributed by atoms with Crippen LogP contribution in [0.15, 0.2) is 53.2 Å². The lowest BCUT2D eigenvalue weighted by molar-refractivity contribution is -0.160. The Bertz CT molecular complexity index is 3240. The van der Waals surface area contributed by atoms with E-state index in [0.717, 1.165) is 23.4 Å². The number of rotatable bonds is 8. The number of halogens is 1. The lowest BCUT2D eigenvalue weighted by atomic mass is 9.78. The van der Waals surface area contributed by atoms with E-state index in [0.29, 0.717) is 29.6 Å². The number of aliphatic hydroxyl groups is 2. The Morgan fingerprint density at radius 3 is 2.26 bits per heavy atom. The number of nitrogens with zero attached hydrogens (tertiary/aromatic N) is 3. The predicted octanol–water partition coefficient (Wildman–Crippen LogP) is 7.10. The van der Waals surface area contributed by atoms with Gasteiger partial charge in [0, 0.05) is 92.4 Å². The number of aryl methyl sites for hydroxylation is 1. The van der Waals surface area contributed by atoms with Crippen molar-refractivity contribution in [3.63, 3.8) is 0 Å². The van der Waals surface area contributed by atoms with E-state index < -0.39 is 112 Å². The Balaban J connectivity index is 1.21. The minimum absolute atomic E-state index is 0.00476. The summed E-state index contributed by atoms with van der Waals surface area (Å²) in [5.74, 6) is -11.0. The smallest absolute Gasteiger partial charge is 0.341 e. The van der Waals surface area contributed by atoms with E-state index in [2.05, 4.69) is 5.32 Å². The maximum absolute atomic E-state index is 16.4. The third kappa shape index (κ3) is 10.1. The quantitative estimate of drug-likeness (QED) is 0.0527. The van der Waals surface area contributed by atoms with Crippen LogP contribution in [0.2, 0.25) is 0 Å². The van der Waals surface area contributed by atoms with Gasteiger partial charge in [0.2, 0.25) is 0 Å². The number of Topliss-reactive ketones (excluding diaryl/α,β-unsaturated/α-hetero) is 1. The van der Waals surface area contributed by atoms with E-state index >= 15 is 4.39 Å². The van der Waals surface area contributed by atoms with Gasteiger partial charge in [-0.25, -0.2) is 9.18 Å². The molecule has 2 aromatic heterocycles. The van der Waals surface area contributed by atoms with E-state index in [4.69, 9.17) is 18.9 Å². The molecule has 20 heteroatoms. The summed E-state index contributed by atoms with van der Waals surface area (Å²) < 4.78 is 41.3. The highest BCUT2D eigenvalue weighted by atomic mass is 19.1. The van der Waals surface area contributed by atoms with Gasteiger partial charge in [-0.1, -0.05) is 45.9 Å². The zero-order valence-corrected chi connectivity index (χ0v) is 45.1. The molecule has 2 aromatic carbocycles. The van der Waals surface area contributed by atoms with Crippen LogP contribution >= 0.6 is 0 Å². The number of hydrogen-bond acceptors (Lipinski definition) is 16. The van der Waals surface area contributed by atoms with Gasteiger partial charge in [0.15, 0.2) is 11.6 Å². The van der Waals surface area contributed by atoms with Gasteiger partial charge in [0.25, 0.3) is 17.2 Å². The van der Waals surface area contributed by atoms with Crippen LogP contribution in [-0.2, 0) is 30.3 Å². The minimum Gasteiger partial charge on any atom is -0.507 e. The second-order valence-electron chi connectivity index (χ2n) is 21.6. The highest BCUT2D eigenvalue weighted by Gasteiger charge is 2.50. The number of anilines is 2. The molecule has 5 aliphatic rings. The third-order valence-corrected chi connectivity index (χ3v) is 16.3. The summed E-state index contributed by atoms with van der Waals surface area (Å²) in [4.78, 5) is 70.5. The van der Waals surface area contributed by atoms with E-state index in [1.807, 2.05) is 9.80 Å². The molecule has 7 N–H and O–H groups in total. The first-order valence-corrected chi connectivity index (χ1v) is 25.9. The van der Waals surface area contributed by atoms with Gasteiger partial charge in [0.05, 0.1) is 58.6 Å². The van der Waals surface area contributed by atoms with Gasteiger partial charge in [-0.3, -0.25) is 28.5 Å². The van der Waals surface area contributed by atoms with Crippen molar-refractivity contribution in [3.05, 3.63) is 98.0 Å². The second-order valence-corrected chi connectivity index (χ2v) is 21.6. The molecule has 10 atom stereocenters. The number of allylic oxidation sites excluding steroid dienone is 2. The molecule has 1 saturated heterocycles. The number of carbonyl (C=O) groups excluding carboxylic acids is 3. The first-order chi connectivity index (χ1) is 36.2. The van der Waals surface area contributed by atoms with Crippen molar-refractivity contribution in [2.75, 3.05) is 37.5 Å². The monoisotopic (exact) mass is 1070 g/mol. The highest BCUT2D eigenvalue weighted by Crippen LogP contribution is 2.56. The summed E-state index contributed by atoms with van der Waals surface area (Å²) in [5, 5.41) is 71.9. The number of aromatic hydroxyl groups is 3. The number of aromatic carboxylic acids is 1. The summed E-state index contributed by atoms with van der Waals surface area (Å²) in [6.07, 6.45) is 6.33. The zero-order valence-electron chi connectivity index (χ0n) is 45.1. The fourth-order valence-electron chi connectivity index (χ4n) is 11.5. The minimum atomic E-state index is -2.13. The van der Waals surface area contributed by atoms with Gasteiger partial charge in [-0.15, -0.1) is 0 Å². The molecule has 6 heterocycles. The number of phenolic OH excluding ortho intramolecular Hbond substituents is 3. The molecule has 0 radical (unpaired) electrons. The number of aliphatic hydroxyl groups excluding tert-OH is 2. The number of ether oxygens (including phenoxy) is 4. The maximum atomic E-state index is 16.4. The normalized spacial score (nSPS) is 28.8. The number of hydrogen-bond donors (Lipinski definition) is 7. The van der Waals surface area contributed by atoms with Crippen LogP contribution in [0.4, 0.5) is 15.8 Å². The molecular formula is C57H69FN4O15. The number of carboxylic acids is 1. The Kier molecular flexibility index (Phi) is 15.6. The van der Waals surface area contributed by atoms with Crippen molar-refractivity contribution in [2.45, 2.75) is 130 Å². The van der Waals surface area contributed by atoms with Gasteiger partial charge >= 0.3 is 17.7 Å². The standard InChI is InChI=1S/C57H69FN4O15/c1-25-13-12-14-26(2)54(70)59-43-37(23-60(10)34-17-19-61(22-34)45-28(4)44-35(33-15-16-33)21-36(56(72)73)55(71)62(44)24-38(45)58)49(67)40-41(50(43)68)48(66)31(7)52-42(40)53(69)57(9,77-52)75-20-18-39(74-11)27(3)51(76-32(8)63)30(6)47(65)29(5)46(25)64/h12-14,18,20-21,24-25,27,29-30,33-34,39,46-47,51,64-68H,15-17,19,22-23H2,1-11H3,(H,59,70)(H,72,73)/b13-12+,20-18+,26-14-/t25-,27+,29+,30+,34?,39-,46-,47+,51+,57-/m0/s1. The van der Waals surface area contributed by atoms with Crippen LogP contribution in [0.3, 0.4) is 0 Å². The molecule has 1 saturated carbocycles. The molecule has 1 unspecified atom stereocenters. The molecule has 9 rings (SSSR count). The van der Waals surface area contributed by atoms with E-state index in [9.17, 15) is 54.6 Å². The molecular weight excluding hydrogens is 1000 g/mol. The maximum Gasteiger partial charge on any atom is 0.341 e. The number of fused-ring (bicyclic) bond motifs is 15. The molecule has 5 bridgehead atoms. The highest BCUT2D eigenvalue weighted by molar-refractivity contribution is 6.22. The van der Waals surface area contributed by atoms with Gasteiger partial charge < -0.3 is 59.8 Å². The summed E-state index contributed by atoms with van der Waals surface area (Å²) in [5.41, 5.74) is 0.102. The molecule has 1 aliphatic carbocycles. The Hall–Kier alpha value is -7.00. The number of benzene rings is 2. The molecule has 414 valence electrons. The lowest BCUT2D eigenvalue weighted by Gasteiger charge is -2.38. The van der Waals surface area contributed by atoms with Gasteiger partial charge in [0.1, 0.15) is 28.9 Å². The van der Waals surface area contributed by atoms with E-state index in [1.54, 1.807) is 53.8 Å². The third-order valence-electron chi connectivity index (χ3n) is 16.3. The number of phenols is 3.